The van der Waals surface area contributed by atoms with Gasteiger partial charge in [0.1, 0.15) is 6.07 Å². The van der Waals surface area contributed by atoms with E-state index in [0.29, 0.717) is 10.0 Å². The monoisotopic (exact) mass is 348 g/mol. The number of halogens is 2. The summed E-state index contributed by atoms with van der Waals surface area (Å²) >= 11 is 11.5. The first kappa shape index (κ1) is 16.8. The number of nitrogens with zero attached hydrogens (tertiary/aromatic N) is 1. The Morgan fingerprint density at radius 3 is 2.39 bits per heavy atom. The van der Waals surface area contributed by atoms with E-state index in [1.165, 1.54) is 30.3 Å². The summed E-state index contributed by atoms with van der Waals surface area (Å²) in [4.78, 5) is 23.6. The Bertz CT molecular complexity index is 783. The van der Waals surface area contributed by atoms with Crippen LogP contribution in [-0.2, 0) is 9.53 Å². The molecule has 1 amide bonds. The predicted octanol–water partition coefficient (Wildman–Crippen LogP) is 3.66. The van der Waals surface area contributed by atoms with Gasteiger partial charge < -0.3 is 10.1 Å². The third kappa shape index (κ3) is 4.71. The van der Waals surface area contributed by atoms with Gasteiger partial charge in [0.05, 0.1) is 16.8 Å². The zero-order chi connectivity index (χ0) is 16.8. The van der Waals surface area contributed by atoms with Crippen molar-refractivity contribution in [2.24, 2.45) is 0 Å². The van der Waals surface area contributed by atoms with Gasteiger partial charge in [0.25, 0.3) is 5.91 Å². The van der Waals surface area contributed by atoms with Gasteiger partial charge in [0, 0.05) is 10.0 Å². The van der Waals surface area contributed by atoms with Gasteiger partial charge in [-0.3, -0.25) is 4.79 Å². The maximum Gasteiger partial charge on any atom is 0.338 e. The summed E-state index contributed by atoms with van der Waals surface area (Å²) < 4.78 is 4.90. The number of hydrogen-bond acceptors (Lipinski definition) is 4. The predicted molar refractivity (Wildman–Crippen MR) is 86.5 cm³/mol. The lowest BCUT2D eigenvalue weighted by molar-refractivity contribution is -0.119. The number of nitriles is 1. The molecule has 1 N–H and O–H groups in total. The van der Waals surface area contributed by atoms with E-state index in [-0.39, 0.29) is 16.8 Å². The van der Waals surface area contributed by atoms with Crippen LogP contribution >= 0.6 is 23.2 Å². The first-order valence-electron chi connectivity index (χ1n) is 6.42. The lowest BCUT2D eigenvalue weighted by Crippen LogP contribution is -2.21. The second-order valence-electron chi connectivity index (χ2n) is 4.43. The zero-order valence-electron chi connectivity index (χ0n) is 11.7. The van der Waals surface area contributed by atoms with Crippen LogP contribution in [0.4, 0.5) is 5.69 Å². The van der Waals surface area contributed by atoms with E-state index < -0.39 is 18.5 Å². The Labute approximate surface area is 142 Å². The number of amides is 1. The van der Waals surface area contributed by atoms with Gasteiger partial charge in [-0.05, 0) is 42.5 Å². The molecule has 0 atom stereocenters. The Morgan fingerprint density at radius 1 is 1.09 bits per heavy atom. The Hall–Kier alpha value is -2.55. The Morgan fingerprint density at radius 2 is 1.74 bits per heavy atom. The average Bonchev–Trinajstić information content (AvgIpc) is 2.53. The number of carbonyl (C=O) groups is 2. The van der Waals surface area contributed by atoms with E-state index >= 15 is 0 Å². The summed E-state index contributed by atoms with van der Waals surface area (Å²) in [5, 5.41) is 12.3. The van der Waals surface area contributed by atoms with Crippen LogP contribution in [0.3, 0.4) is 0 Å². The van der Waals surface area contributed by atoms with Gasteiger partial charge in [0.2, 0.25) is 0 Å². The molecule has 23 heavy (non-hydrogen) atoms. The van der Waals surface area contributed by atoms with E-state index in [9.17, 15) is 9.59 Å². The van der Waals surface area contributed by atoms with Crippen LogP contribution < -0.4 is 5.32 Å². The number of esters is 1. The van der Waals surface area contributed by atoms with Crippen molar-refractivity contribution in [3.8, 4) is 6.07 Å². The van der Waals surface area contributed by atoms with Gasteiger partial charge in [0.15, 0.2) is 6.61 Å². The molecule has 0 spiro atoms. The third-order valence-electron chi connectivity index (χ3n) is 2.79. The van der Waals surface area contributed by atoms with Crippen LogP contribution in [0.2, 0.25) is 10.0 Å². The summed E-state index contributed by atoms with van der Waals surface area (Å²) in [6.45, 7) is -0.487. The molecule has 2 aromatic rings. The Kier molecular flexibility index (Phi) is 5.58. The minimum atomic E-state index is -0.650. The third-order valence-corrected chi connectivity index (χ3v) is 3.28. The molecule has 116 valence electrons. The second-order valence-corrected chi connectivity index (χ2v) is 5.31. The maximum absolute atomic E-state index is 11.8. The topological polar surface area (TPSA) is 79.2 Å². The van der Waals surface area contributed by atoms with E-state index in [1.54, 1.807) is 12.1 Å². The van der Waals surface area contributed by atoms with Gasteiger partial charge in [-0.1, -0.05) is 23.2 Å². The molecule has 2 aromatic carbocycles. The molecule has 0 radical (unpaired) electrons. The largest absolute Gasteiger partial charge is 0.452 e. The lowest BCUT2D eigenvalue weighted by Gasteiger charge is -2.08. The second kappa shape index (κ2) is 7.63. The summed E-state index contributed by atoms with van der Waals surface area (Å²) in [5.74, 6) is -1.23. The molecule has 2 rings (SSSR count). The van der Waals surface area contributed by atoms with Crippen molar-refractivity contribution in [3.05, 3.63) is 63.6 Å². The number of hydrogen-bond donors (Lipinski definition) is 1. The number of ether oxygens (including phenoxy) is 1. The fraction of sp³-hybridized carbons (Fsp3) is 0.0625. The minimum Gasteiger partial charge on any atom is -0.452 e. The van der Waals surface area contributed by atoms with E-state index in [0.717, 1.165) is 0 Å². The van der Waals surface area contributed by atoms with Crippen molar-refractivity contribution in [2.45, 2.75) is 0 Å². The molecule has 0 saturated heterocycles. The molecule has 0 aliphatic carbocycles. The van der Waals surface area contributed by atoms with Crippen LogP contribution in [0.1, 0.15) is 15.9 Å². The summed E-state index contributed by atoms with van der Waals surface area (Å²) in [5.41, 5.74) is 0.794. The number of anilines is 1. The molecule has 0 aliphatic heterocycles. The molecule has 0 bridgehead atoms. The standard InChI is InChI=1S/C16H10Cl2N2O3/c17-12-4-1-10(2-5-12)16(22)23-9-15(21)20-14-7-13(18)6-3-11(14)8-19/h1-7H,9H2,(H,20,21). The highest BCUT2D eigenvalue weighted by molar-refractivity contribution is 6.31. The van der Waals surface area contributed by atoms with Crippen LogP contribution in [-0.4, -0.2) is 18.5 Å². The fourth-order valence-electron chi connectivity index (χ4n) is 1.70. The van der Waals surface area contributed by atoms with E-state index in [1.807, 2.05) is 6.07 Å². The van der Waals surface area contributed by atoms with Gasteiger partial charge in [-0.15, -0.1) is 0 Å². The lowest BCUT2D eigenvalue weighted by atomic mass is 10.2. The van der Waals surface area contributed by atoms with Gasteiger partial charge >= 0.3 is 5.97 Å². The maximum atomic E-state index is 11.8. The average molecular weight is 349 g/mol. The molecule has 0 aliphatic rings. The smallest absolute Gasteiger partial charge is 0.338 e. The molecule has 7 heteroatoms. The molecular formula is C16H10Cl2N2O3. The fourth-order valence-corrected chi connectivity index (χ4v) is 2.00. The van der Waals surface area contributed by atoms with Crippen molar-refractivity contribution >= 4 is 40.8 Å². The first-order valence-corrected chi connectivity index (χ1v) is 7.17. The quantitative estimate of drug-likeness (QED) is 0.855. The van der Waals surface area contributed by atoms with Gasteiger partial charge in [-0.2, -0.15) is 5.26 Å². The van der Waals surface area contributed by atoms with E-state index in [2.05, 4.69) is 5.32 Å². The normalized spacial score (nSPS) is 9.78. The number of benzene rings is 2. The minimum absolute atomic E-state index is 0.256. The highest BCUT2D eigenvalue weighted by atomic mass is 35.5. The zero-order valence-corrected chi connectivity index (χ0v) is 13.2. The number of carbonyl (C=O) groups excluding carboxylic acids is 2. The molecule has 0 unspecified atom stereocenters. The molecule has 0 aromatic heterocycles. The van der Waals surface area contributed by atoms with Crippen molar-refractivity contribution < 1.29 is 14.3 Å². The van der Waals surface area contributed by atoms with E-state index in [4.69, 9.17) is 33.2 Å². The summed E-state index contributed by atoms with van der Waals surface area (Å²) in [6.07, 6.45) is 0. The van der Waals surface area contributed by atoms with Crippen molar-refractivity contribution in [2.75, 3.05) is 11.9 Å². The number of nitrogens with one attached hydrogen (secondary N) is 1. The molecule has 0 fully saturated rings. The van der Waals surface area contributed by atoms with Crippen molar-refractivity contribution in [1.82, 2.24) is 0 Å². The van der Waals surface area contributed by atoms with Crippen LogP contribution in [0.25, 0.3) is 0 Å². The summed E-state index contributed by atoms with van der Waals surface area (Å²) in [6, 6.07) is 12.5. The molecule has 0 saturated carbocycles. The van der Waals surface area contributed by atoms with Gasteiger partial charge in [-0.25, -0.2) is 4.79 Å². The number of rotatable bonds is 4. The van der Waals surface area contributed by atoms with Crippen LogP contribution in [0.15, 0.2) is 42.5 Å². The van der Waals surface area contributed by atoms with Crippen LogP contribution in [0.5, 0.6) is 0 Å². The molecule has 0 heterocycles. The van der Waals surface area contributed by atoms with Crippen LogP contribution in [0, 0.1) is 11.3 Å². The molecule has 5 nitrogen and oxygen atoms in total. The SMILES string of the molecule is N#Cc1ccc(Cl)cc1NC(=O)COC(=O)c1ccc(Cl)cc1. The van der Waals surface area contributed by atoms with Crippen molar-refractivity contribution in [1.29, 1.82) is 5.26 Å². The highest BCUT2D eigenvalue weighted by Gasteiger charge is 2.12. The Balaban J connectivity index is 1.95. The van der Waals surface area contributed by atoms with Crippen molar-refractivity contribution in [3.63, 3.8) is 0 Å². The molecular weight excluding hydrogens is 339 g/mol. The first-order chi connectivity index (χ1) is 11.0. The highest BCUT2D eigenvalue weighted by Crippen LogP contribution is 2.20. The summed E-state index contributed by atoms with van der Waals surface area (Å²) in [7, 11) is 0.